The van der Waals surface area contributed by atoms with E-state index in [-0.39, 0.29) is 21.5 Å². The van der Waals surface area contributed by atoms with Gasteiger partial charge in [0.1, 0.15) is 5.56 Å². The highest BCUT2D eigenvalue weighted by Crippen LogP contribution is 2.47. The average Bonchev–Trinajstić information content (AvgIpc) is 2.50. The lowest BCUT2D eigenvalue weighted by molar-refractivity contribution is 0.0691. The van der Waals surface area contributed by atoms with Crippen molar-refractivity contribution in [1.82, 2.24) is 0 Å². The van der Waals surface area contributed by atoms with E-state index in [9.17, 15) is 15.0 Å². The SMILES string of the molecule is CCCCCCCCCOc1c(O)c(C(=O)O)c(Br)c(Br)c1Br. The molecule has 0 radical (unpaired) electrons. The summed E-state index contributed by atoms with van der Waals surface area (Å²) in [5.41, 5.74) is -0.213. The van der Waals surface area contributed by atoms with E-state index in [1.165, 1.54) is 32.1 Å². The number of carboxylic acids is 1. The van der Waals surface area contributed by atoms with Gasteiger partial charge in [-0.2, -0.15) is 0 Å². The summed E-state index contributed by atoms with van der Waals surface area (Å²) < 4.78 is 6.88. The molecule has 0 heterocycles. The van der Waals surface area contributed by atoms with Crippen LogP contribution >= 0.6 is 47.8 Å². The van der Waals surface area contributed by atoms with Crippen molar-refractivity contribution < 1.29 is 19.7 Å². The fraction of sp³-hybridized carbons (Fsp3) is 0.562. The highest BCUT2D eigenvalue weighted by Gasteiger charge is 2.25. The van der Waals surface area contributed by atoms with Crippen LogP contribution < -0.4 is 4.74 Å². The standard InChI is InChI=1S/C16H21Br3O4/c1-2-3-4-5-6-7-8-9-23-15-13(19)12(18)11(17)10(14(15)20)16(21)22/h20H,2-9H2,1H3,(H,21,22). The highest BCUT2D eigenvalue weighted by molar-refractivity contribution is 9.14. The Morgan fingerprint density at radius 2 is 1.52 bits per heavy atom. The van der Waals surface area contributed by atoms with Gasteiger partial charge in [0.05, 0.1) is 20.0 Å². The molecule has 0 saturated heterocycles. The van der Waals surface area contributed by atoms with Crippen molar-refractivity contribution in [1.29, 1.82) is 0 Å². The third kappa shape index (κ3) is 5.94. The van der Waals surface area contributed by atoms with E-state index in [4.69, 9.17) is 4.74 Å². The maximum atomic E-state index is 11.3. The van der Waals surface area contributed by atoms with E-state index in [0.717, 1.165) is 12.8 Å². The quantitative estimate of drug-likeness (QED) is 0.275. The number of aromatic carboxylic acids is 1. The zero-order chi connectivity index (χ0) is 17.4. The van der Waals surface area contributed by atoms with Crippen LogP contribution in [0.1, 0.15) is 62.2 Å². The van der Waals surface area contributed by atoms with Gasteiger partial charge in [0.15, 0.2) is 11.5 Å². The molecule has 0 aliphatic heterocycles. The van der Waals surface area contributed by atoms with Crippen molar-refractivity contribution in [3.63, 3.8) is 0 Å². The minimum atomic E-state index is -1.22. The molecule has 1 rings (SSSR count). The maximum Gasteiger partial charge on any atom is 0.340 e. The third-order valence-corrected chi connectivity index (χ3v) is 6.87. The Hall–Kier alpha value is -0.270. The number of halogens is 3. The normalized spacial score (nSPS) is 10.8. The largest absolute Gasteiger partial charge is 0.504 e. The van der Waals surface area contributed by atoms with Crippen molar-refractivity contribution in [2.45, 2.75) is 51.9 Å². The molecule has 2 N–H and O–H groups in total. The lowest BCUT2D eigenvalue weighted by Gasteiger charge is -2.15. The van der Waals surface area contributed by atoms with Gasteiger partial charge in [-0.15, -0.1) is 0 Å². The average molecular weight is 517 g/mol. The van der Waals surface area contributed by atoms with Gasteiger partial charge in [-0.05, 0) is 54.2 Å². The summed E-state index contributed by atoms with van der Waals surface area (Å²) in [6.45, 7) is 2.63. The number of rotatable bonds is 10. The molecule has 0 atom stereocenters. The lowest BCUT2D eigenvalue weighted by atomic mass is 10.1. The summed E-state index contributed by atoms with van der Waals surface area (Å²) in [6.07, 6.45) is 8.12. The molecule has 23 heavy (non-hydrogen) atoms. The van der Waals surface area contributed by atoms with Gasteiger partial charge >= 0.3 is 5.97 Å². The smallest absolute Gasteiger partial charge is 0.340 e. The second-order valence-corrected chi connectivity index (χ2v) is 7.65. The van der Waals surface area contributed by atoms with Crippen LogP contribution in [0.2, 0.25) is 0 Å². The maximum absolute atomic E-state index is 11.3. The van der Waals surface area contributed by atoms with Crippen LogP contribution in [0.15, 0.2) is 13.4 Å². The van der Waals surface area contributed by atoms with Gasteiger partial charge in [-0.1, -0.05) is 45.4 Å². The van der Waals surface area contributed by atoms with Crippen LogP contribution in [-0.2, 0) is 0 Å². The van der Waals surface area contributed by atoms with E-state index in [2.05, 4.69) is 54.7 Å². The molecule has 130 valence electrons. The zero-order valence-corrected chi connectivity index (χ0v) is 17.8. The number of phenols is 1. The first-order valence-corrected chi connectivity index (χ1v) is 10.0. The van der Waals surface area contributed by atoms with Crippen LogP contribution in [-0.4, -0.2) is 22.8 Å². The summed E-state index contributed by atoms with van der Waals surface area (Å²) in [7, 11) is 0. The molecule has 1 aromatic rings. The summed E-state index contributed by atoms with van der Waals surface area (Å²) in [4.78, 5) is 11.3. The minimum absolute atomic E-state index is 0.156. The fourth-order valence-electron chi connectivity index (χ4n) is 2.19. The van der Waals surface area contributed by atoms with E-state index >= 15 is 0 Å². The van der Waals surface area contributed by atoms with E-state index < -0.39 is 5.97 Å². The Kier molecular flexibility index (Phi) is 9.54. The number of benzene rings is 1. The summed E-state index contributed by atoms with van der Waals surface area (Å²) in [5.74, 6) is -1.44. The molecule has 0 aliphatic carbocycles. The molecule has 0 aromatic heterocycles. The van der Waals surface area contributed by atoms with Crippen molar-refractivity contribution in [2.24, 2.45) is 0 Å². The van der Waals surface area contributed by atoms with Crippen LogP contribution in [0, 0.1) is 0 Å². The third-order valence-electron chi connectivity index (χ3n) is 3.46. The molecule has 7 heteroatoms. The Balaban J connectivity index is 2.62. The molecule has 4 nitrogen and oxygen atoms in total. The molecule has 0 aliphatic rings. The van der Waals surface area contributed by atoms with Crippen molar-refractivity contribution in [2.75, 3.05) is 6.61 Å². The Morgan fingerprint density at radius 1 is 0.957 bits per heavy atom. The molecule has 0 unspecified atom stereocenters. The number of carboxylic acid groups (broad SMARTS) is 1. The molecule has 0 saturated carbocycles. The van der Waals surface area contributed by atoms with Crippen molar-refractivity contribution in [3.05, 3.63) is 19.0 Å². The molecule has 1 aromatic carbocycles. The number of carbonyl (C=O) groups is 1. The van der Waals surface area contributed by atoms with Crippen LogP contribution in [0.5, 0.6) is 11.5 Å². The molecule has 0 spiro atoms. The Morgan fingerprint density at radius 3 is 2.09 bits per heavy atom. The lowest BCUT2D eigenvalue weighted by Crippen LogP contribution is -2.04. The van der Waals surface area contributed by atoms with E-state index in [0.29, 0.717) is 15.6 Å². The fourth-order valence-corrected chi connectivity index (χ4v) is 3.89. The Labute approximate surface area is 162 Å². The summed E-state index contributed by atoms with van der Waals surface area (Å²) >= 11 is 9.78. The first-order valence-electron chi connectivity index (χ1n) is 7.67. The van der Waals surface area contributed by atoms with Gasteiger partial charge in [0, 0.05) is 0 Å². The summed E-state index contributed by atoms with van der Waals surface area (Å²) in [6, 6.07) is 0. The van der Waals surface area contributed by atoms with Gasteiger partial charge < -0.3 is 14.9 Å². The second-order valence-electron chi connectivity index (χ2n) is 5.27. The van der Waals surface area contributed by atoms with Gasteiger partial charge in [0.25, 0.3) is 0 Å². The Bertz CT molecular complexity index is 547. The van der Waals surface area contributed by atoms with Crippen molar-refractivity contribution >= 4 is 53.8 Å². The van der Waals surface area contributed by atoms with Crippen LogP contribution in [0.3, 0.4) is 0 Å². The first kappa shape index (κ1) is 20.8. The predicted octanol–water partition coefficient (Wildman–Crippen LogP) is 6.51. The number of aromatic hydroxyl groups is 1. The molecular weight excluding hydrogens is 496 g/mol. The monoisotopic (exact) mass is 514 g/mol. The first-order chi connectivity index (χ1) is 10.9. The van der Waals surface area contributed by atoms with Crippen LogP contribution in [0.4, 0.5) is 0 Å². The predicted molar refractivity (Wildman–Crippen MR) is 102 cm³/mol. The van der Waals surface area contributed by atoms with E-state index in [1.807, 2.05) is 0 Å². The minimum Gasteiger partial charge on any atom is -0.504 e. The van der Waals surface area contributed by atoms with Crippen molar-refractivity contribution in [3.8, 4) is 11.5 Å². The summed E-state index contributed by atoms with van der Waals surface area (Å²) in [5, 5.41) is 19.4. The van der Waals surface area contributed by atoms with Gasteiger partial charge in [-0.3, -0.25) is 0 Å². The number of hydrogen-bond acceptors (Lipinski definition) is 3. The molecule has 0 amide bonds. The topological polar surface area (TPSA) is 66.8 Å². The number of ether oxygens (including phenoxy) is 1. The molecule has 0 fully saturated rings. The van der Waals surface area contributed by atoms with Crippen LogP contribution in [0.25, 0.3) is 0 Å². The van der Waals surface area contributed by atoms with Gasteiger partial charge in [-0.25, -0.2) is 4.79 Å². The zero-order valence-electron chi connectivity index (χ0n) is 13.0. The molecular formula is C16H21Br3O4. The highest BCUT2D eigenvalue weighted by atomic mass is 79.9. The molecule has 0 bridgehead atoms. The second kappa shape index (κ2) is 10.6. The number of unbranched alkanes of at least 4 members (excludes halogenated alkanes) is 6. The van der Waals surface area contributed by atoms with E-state index in [1.54, 1.807) is 0 Å². The number of hydrogen-bond donors (Lipinski definition) is 2. The van der Waals surface area contributed by atoms with Gasteiger partial charge in [0.2, 0.25) is 0 Å².